The highest BCUT2D eigenvalue weighted by Crippen LogP contribution is 2.45. The molecule has 18 heavy (non-hydrogen) atoms. The maximum atomic E-state index is 11.9. The Bertz CT molecular complexity index is 627. The van der Waals surface area contributed by atoms with Gasteiger partial charge >= 0.3 is 5.63 Å². The third-order valence-electron chi connectivity index (χ3n) is 3.11. The van der Waals surface area contributed by atoms with Crippen molar-refractivity contribution in [2.24, 2.45) is 0 Å². The monoisotopic (exact) mass is 278 g/mol. The number of rotatable bonds is 2. The normalized spacial score (nSPS) is 18.3. The van der Waals surface area contributed by atoms with Crippen molar-refractivity contribution in [3.63, 3.8) is 0 Å². The SMILES string of the molecule is CC1(Cc2cc3ccccc3c(=O)o2)SCCS1. The number of hydrogen-bond acceptors (Lipinski definition) is 4. The third-order valence-corrected chi connectivity index (χ3v) is 6.41. The van der Waals surface area contributed by atoms with Crippen LogP contribution < -0.4 is 5.63 Å². The zero-order valence-corrected chi connectivity index (χ0v) is 11.8. The van der Waals surface area contributed by atoms with Crippen LogP contribution >= 0.6 is 23.5 Å². The van der Waals surface area contributed by atoms with Crippen LogP contribution in [0.15, 0.2) is 39.5 Å². The first-order chi connectivity index (χ1) is 8.66. The van der Waals surface area contributed by atoms with Crippen LogP contribution in [0.2, 0.25) is 0 Å². The predicted octanol–water partition coefficient (Wildman–Crippen LogP) is 3.53. The fourth-order valence-electron chi connectivity index (χ4n) is 2.25. The second kappa shape index (κ2) is 4.67. The first kappa shape index (κ1) is 12.2. The summed E-state index contributed by atoms with van der Waals surface area (Å²) in [5.41, 5.74) is -0.223. The zero-order chi connectivity index (χ0) is 12.6. The van der Waals surface area contributed by atoms with Crippen LogP contribution in [0.3, 0.4) is 0 Å². The van der Waals surface area contributed by atoms with Gasteiger partial charge in [-0.15, -0.1) is 23.5 Å². The topological polar surface area (TPSA) is 30.2 Å². The van der Waals surface area contributed by atoms with Gasteiger partial charge in [0.2, 0.25) is 0 Å². The van der Waals surface area contributed by atoms with Crippen molar-refractivity contribution in [2.75, 3.05) is 11.5 Å². The maximum Gasteiger partial charge on any atom is 0.343 e. The summed E-state index contributed by atoms with van der Waals surface area (Å²) in [5, 5.41) is 1.64. The van der Waals surface area contributed by atoms with Gasteiger partial charge in [-0.05, 0) is 24.4 Å². The molecule has 0 aliphatic carbocycles. The van der Waals surface area contributed by atoms with E-state index >= 15 is 0 Å². The second-order valence-electron chi connectivity index (χ2n) is 4.59. The first-order valence-electron chi connectivity index (χ1n) is 5.96. The predicted molar refractivity (Wildman–Crippen MR) is 79.5 cm³/mol. The number of benzene rings is 1. The average molecular weight is 278 g/mol. The molecule has 0 spiro atoms. The highest BCUT2D eigenvalue weighted by Gasteiger charge is 2.31. The van der Waals surface area contributed by atoms with E-state index in [-0.39, 0.29) is 9.70 Å². The molecule has 0 bridgehead atoms. The van der Waals surface area contributed by atoms with E-state index in [0.717, 1.165) is 17.6 Å². The van der Waals surface area contributed by atoms with Gasteiger partial charge in [0.15, 0.2) is 0 Å². The molecule has 0 atom stereocenters. The number of fused-ring (bicyclic) bond motifs is 1. The lowest BCUT2D eigenvalue weighted by molar-refractivity contribution is 0.463. The van der Waals surface area contributed by atoms with Gasteiger partial charge in [-0.3, -0.25) is 0 Å². The summed E-state index contributed by atoms with van der Waals surface area (Å²) in [6, 6.07) is 9.59. The van der Waals surface area contributed by atoms with Crippen LogP contribution in [-0.2, 0) is 6.42 Å². The fraction of sp³-hybridized carbons (Fsp3) is 0.357. The van der Waals surface area contributed by atoms with Crippen molar-refractivity contribution < 1.29 is 4.42 Å². The van der Waals surface area contributed by atoms with Crippen LogP contribution in [0.4, 0.5) is 0 Å². The molecule has 1 aliphatic rings. The van der Waals surface area contributed by atoms with Crippen LogP contribution in [0.25, 0.3) is 10.8 Å². The van der Waals surface area contributed by atoms with Gasteiger partial charge in [0.05, 0.1) is 9.47 Å². The van der Waals surface area contributed by atoms with E-state index in [4.69, 9.17) is 4.42 Å². The molecule has 1 aromatic carbocycles. The summed E-state index contributed by atoms with van der Waals surface area (Å²) in [6.07, 6.45) is 0.808. The number of hydrogen-bond donors (Lipinski definition) is 0. The van der Waals surface area contributed by atoms with E-state index in [9.17, 15) is 4.79 Å². The van der Waals surface area contributed by atoms with Gasteiger partial charge in [-0.1, -0.05) is 18.2 Å². The van der Waals surface area contributed by atoms with Crippen LogP contribution in [0, 0.1) is 0 Å². The largest absolute Gasteiger partial charge is 0.427 e. The molecule has 0 amide bonds. The van der Waals surface area contributed by atoms with Crippen LogP contribution in [0.1, 0.15) is 12.7 Å². The summed E-state index contributed by atoms with van der Waals surface area (Å²) in [7, 11) is 0. The molecule has 0 unspecified atom stereocenters. The average Bonchev–Trinajstić information content (AvgIpc) is 2.76. The van der Waals surface area contributed by atoms with Crippen molar-refractivity contribution in [3.8, 4) is 0 Å². The first-order valence-corrected chi connectivity index (χ1v) is 7.93. The maximum absolute atomic E-state index is 11.9. The molecule has 1 aliphatic heterocycles. The third kappa shape index (κ3) is 2.31. The van der Waals surface area contributed by atoms with Gasteiger partial charge in [-0.25, -0.2) is 4.79 Å². The molecular weight excluding hydrogens is 264 g/mol. The van der Waals surface area contributed by atoms with Crippen molar-refractivity contribution in [3.05, 3.63) is 46.5 Å². The molecule has 0 saturated carbocycles. The molecule has 94 valence electrons. The molecule has 1 saturated heterocycles. The fourth-order valence-corrected chi connectivity index (χ4v) is 5.10. The van der Waals surface area contributed by atoms with Crippen LogP contribution in [0.5, 0.6) is 0 Å². The van der Waals surface area contributed by atoms with E-state index in [0.29, 0.717) is 5.39 Å². The second-order valence-corrected chi connectivity index (χ2v) is 8.05. The quantitative estimate of drug-likeness (QED) is 0.840. The van der Waals surface area contributed by atoms with E-state index in [2.05, 4.69) is 6.92 Å². The van der Waals surface area contributed by atoms with Gasteiger partial charge in [0.25, 0.3) is 0 Å². The molecule has 2 heterocycles. The summed E-state index contributed by atoms with van der Waals surface area (Å²) < 4.78 is 5.59. The summed E-state index contributed by atoms with van der Waals surface area (Å²) in [6.45, 7) is 2.23. The Balaban J connectivity index is 2.00. The Morgan fingerprint density at radius 1 is 1.28 bits per heavy atom. The molecule has 3 rings (SSSR count). The smallest absolute Gasteiger partial charge is 0.343 e. The van der Waals surface area contributed by atoms with Gasteiger partial charge in [-0.2, -0.15) is 0 Å². The highest BCUT2D eigenvalue weighted by atomic mass is 32.2. The van der Waals surface area contributed by atoms with E-state index in [1.165, 1.54) is 11.5 Å². The Morgan fingerprint density at radius 3 is 2.78 bits per heavy atom. The summed E-state index contributed by atoms with van der Waals surface area (Å²) in [4.78, 5) is 11.9. The molecule has 1 aromatic heterocycles. The zero-order valence-electron chi connectivity index (χ0n) is 10.1. The van der Waals surface area contributed by atoms with E-state index < -0.39 is 0 Å². The van der Waals surface area contributed by atoms with Crippen molar-refractivity contribution in [1.82, 2.24) is 0 Å². The Hall–Kier alpha value is -0.870. The molecule has 1 fully saturated rings. The lowest BCUT2D eigenvalue weighted by Gasteiger charge is -2.20. The summed E-state index contributed by atoms with van der Waals surface area (Å²) >= 11 is 3.90. The summed E-state index contributed by atoms with van der Waals surface area (Å²) in [5.74, 6) is 3.15. The van der Waals surface area contributed by atoms with E-state index in [1.54, 1.807) is 0 Å². The molecule has 2 aromatic rings. The lowest BCUT2D eigenvalue weighted by Crippen LogP contribution is -2.16. The number of thioether (sulfide) groups is 2. The van der Waals surface area contributed by atoms with Gasteiger partial charge in [0, 0.05) is 17.9 Å². The minimum absolute atomic E-state index is 0.151. The van der Waals surface area contributed by atoms with Crippen LogP contribution in [-0.4, -0.2) is 15.6 Å². The lowest BCUT2D eigenvalue weighted by atomic mass is 10.1. The Morgan fingerprint density at radius 2 is 2.00 bits per heavy atom. The van der Waals surface area contributed by atoms with Crippen molar-refractivity contribution >= 4 is 34.3 Å². The molecule has 4 heteroatoms. The standard InChI is InChI=1S/C14H14O2S2/c1-14(17-6-7-18-14)9-11-8-10-4-2-3-5-12(10)13(15)16-11/h2-5,8H,6-7,9H2,1H3. The highest BCUT2D eigenvalue weighted by molar-refractivity contribution is 8.21. The molecular formula is C14H14O2S2. The van der Waals surface area contributed by atoms with Crippen molar-refractivity contribution in [1.29, 1.82) is 0 Å². The molecule has 2 nitrogen and oxygen atoms in total. The van der Waals surface area contributed by atoms with E-state index in [1.807, 2.05) is 53.9 Å². The Labute approximate surface area is 114 Å². The minimum atomic E-state index is -0.223. The molecule has 0 N–H and O–H groups in total. The Kier molecular flexibility index (Phi) is 3.16. The van der Waals surface area contributed by atoms with Crippen molar-refractivity contribution in [2.45, 2.75) is 17.4 Å². The van der Waals surface area contributed by atoms with Gasteiger partial charge in [0.1, 0.15) is 5.76 Å². The molecule has 0 radical (unpaired) electrons. The van der Waals surface area contributed by atoms with Gasteiger partial charge < -0.3 is 4.42 Å². The minimum Gasteiger partial charge on any atom is -0.427 e.